The molecule has 0 unspecified atom stereocenters. The van der Waals surface area contributed by atoms with Gasteiger partial charge in [-0.3, -0.25) is 34.2 Å². The van der Waals surface area contributed by atoms with E-state index < -0.39 is 40.7 Å². The molecule has 5 amide bonds. The van der Waals surface area contributed by atoms with Crippen LogP contribution in [-0.4, -0.2) is 111 Å². The number of imide groups is 1. The second kappa shape index (κ2) is 17.6. The largest absolute Gasteiger partial charge is 0.503 e. The standard InChI is InChI=1S/C43H44F3N9O6/c1-25-2-5-28(19-35(25)54-11-10-36(56)50-43(54)60)41(59)53-14-12-52(13-15-53)16-17-61-42-48-22-30(23-49-42)27-6-7-29-24-55(51-34(29)18-27)31-8-3-26(4-9-31)21-47-40(58)32-20-33(44)39(57)38(46)37(32)45/h2,5-7,18-20,22-24,26,31,57H,3-4,8-17,21H2,1H3,(H,47,58)(H,50,56,60)/t26-,31-. The number of hydrogen-bond donors (Lipinski definition) is 3. The van der Waals surface area contributed by atoms with Gasteiger partial charge in [0.1, 0.15) is 6.61 Å². The molecule has 8 rings (SSSR count). The summed E-state index contributed by atoms with van der Waals surface area (Å²) >= 11 is 0. The van der Waals surface area contributed by atoms with Gasteiger partial charge in [-0.2, -0.15) is 9.49 Å². The van der Waals surface area contributed by atoms with Crippen LogP contribution in [0.2, 0.25) is 0 Å². The number of halogens is 3. The molecule has 18 heteroatoms. The maximum absolute atomic E-state index is 14.1. The molecule has 2 aromatic heterocycles. The molecule has 1 saturated carbocycles. The number of piperazine rings is 1. The third kappa shape index (κ3) is 8.99. The fraction of sp³-hybridized carbons (Fsp3) is 0.372. The number of hydrogen-bond acceptors (Lipinski definition) is 10. The molecule has 3 aliphatic rings. The number of urea groups is 1. The number of benzene rings is 3. The molecule has 3 fully saturated rings. The van der Waals surface area contributed by atoms with Gasteiger partial charge in [0.15, 0.2) is 17.4 Å². The van der Waals surface area contributed by atoms with Crippen molar-refractivity contribution in [3.05, 3.63) is 95.2 Å². The lowest BCUT2D eigenvalue weighted by Crippen LogP contribution is -2.50. The van der Waals surface area contributed by atoms with Gasteiger partial charge >= 0.3 is 12.0 Å². The lowest BCUT2D eigenvalue weighted by Gasteiger charge is -2.35. The minimum Gasteiger partial charge on any atom is -0.503 e. The molecule has 2 saturated heterocycles. The third-order valence-electron chi connectivity index (χ3n) is 11.7. The number of carbonyl (C=O) groups is 4. The van der Waals surface area contributed by atoms with Crippen molar-refractivity contribution in [2.45, 2.75) is 45.1 Å². The number of amides is 5. The summed E-state index contributed by atoms with van der Waals surface area (Å²) in [4.78, 5) is 64.3. The normalized spacial score (nSPS) is 18.6. The molecule has 3 aromatic carbocycles. The van der Waals surface area contributed by atoms with Crippen LogP contribution < -0.4 is 20.3 Å². The van der Waals surface area contributed by atoms with E-state index in [0.717, 1.165) is 53.3 Å². The number of phenolic OH excluding ortho intramolecular Hbond substituents is 1. The first-order chi connectivity index (χ1) is 29.4. The molecular weight excluding hydrogens is 796 g/mol. The predicted octanol–water partition coefficient (Wildman–Crippen LogP) is 5.37. The first-order valence-electron chi connectivity index (χ1n) is 20.2. The lowest BCUT2D eigenvalue weighted by molar-refractivity contribution is -0.120. The Balaban J connectivity index is 0.777. The number of phenols is 1. The summed E-state index contributed by atoms with van der Waals surface area (Å²) in [5, 5.41) is 20.0. The van der Waals surface area contributed by atoms with Crippen LogP contribution in [-0.2, 0) is 4.79 Å². The Morgan fingerprint density at radius 3 is 2.41 bits per heavy atom. The van der Waals surface area contributed by atoms with E-state index >= 15 is 0 Å². The van der Waals surface area contributed by atoms with Crippen LogP contribution >= 0.6 is 0 Å². The van der Waals surface area contributed by atoms with Crippen LogP contribution in [0, 0.1) is 30.3 Å². The Morgan fingerprint density at radius 2 is 1.67 bits per heavy atom. The van der Waals surface area contributed by atoms with Crippen molar-refractivity contribution in [1.82, 2.24) is 40.2 Å². The van der Waals surface area contributed by atoms with Gasteiger partial charge in [-0.1, -0.05) is 18.2 Å². The van der Waals surface area contributed by atoms with E-state index in [2.05, 4.69) is 25.5 Å². The number of carbonyl (C=O) groups excluding carboxylic acids is 4. The fourth-order valence-electron chi connectivity index (χ4n) is 8.09. The van der Waals surface area contributed by atoms with Crippen LogP contribution in [0.5, 0.6) is 11.8 Å². The van der Waals surface area contributed by atoms with E-state index in [-0.39, 0.29) is 49.3 Å². The van der Waals surface area contributed by atoms with Crippen molar-refractivity contribution >= 4 is 40.3 Å². The van der Waals surface area contributed by atoms with Gasteiger partial charge in [0.25, 0.3) is 11.8 Å². The quantitative estimate of drug-likeness (QED) is 0.147. The van der Waals surface area contributed by atoms with E-state index in [1.165, 1.54) is 4.90 Å². The molecule has 1 aliphatic carbocycles. The zero-order chi connectivity index (χ0) is 42.8. The van der Waals surface area contributed by atoms with Gasteiger partial charge in [0, 0.05) is 93.0 Å². The third-order valence-corrected chi connectivity index (χ3v) is 11.7. The summed E-state index contributed by atoms with van der Waals surface area (Å²) in [5.41, 5.74) is 3.68. The molecule has 2 aliphatic heterocycles. The lowest BCUT2D eigenvalue weighted by atomic mass is 9.86. The number of rotatable bonds is 11. The zero-order valence-corrected chi connectivity index (χ0v) is 33.4. The summed E-state index contributed by atoms with van der Waals surface area (Å²) in [7, 11) is 0. The minimum absolute atomic E-state index is 0.0986. The predicted molar refractivity (Wildman–Crippen MR) is 217 cm³/mol. The molecule has 0 atom stereocenters. The van der Waals surface area contributed by atoms with Crippen LogP contribution in [0.25, 0.3) is 22.0 Å². The molecular formula is C43H44F3N9O6. The van der Waals surface area contributed by atoms with E-state index in [1.54, 1.807) is 29.4 Å². The second-order valence-corrected chi connectivity index (χ2v) is 15.6. The number of nitrogens with zero attached hydrogens (tertiary/aromatic N) is 7. The number of aryl methyl sites for hydroxylation is 1. The van der Waals surface area contributed by atoms with Crippen molar-refractivity contribution in [2.75, 3.05) is 57.3 Å². The average molecular weight is 840 g/mol. The van der Waals surface area contributed by atoms with Crippen molar-refractivity contribution < 1.29 is 42.2 Å². The molecule has 15 nitrogen and oxygen atoms in total. The fourth-order valence-corrected chi connectivity index (χ4v) is 8.09. The monoisotopic (exact) mass is 839 g/mol. The number of anilines is 1. The van der Waals surface area contributed by atoms with Gasteiger partial charge in [-0.25, -0.2) is 23.5 Å². The molecule has 3 N–H and O–H groups in total. The van der Waals surface area contributed by atoms with E-state index in [9.17, 15) is 37.5 Å². The highest BCUT2D eigenvalue weighted by atomic mass is 19.2. The summed E-state index contributed by atoms with van der Waals surface area (Å²) < 4.78 is 49.4. The Labute approximate surface area is 348 Å². The molecule has 61 heavy (non-hydrogen) atoms. The topological polar surface area (TPSA) is 175 Å². The first kappa shape index (κ1) is 41.2. The Hall–Kier alpha value is -6.56. The van der Waals surface area contributed by atoms with E-state index in [1.807, 2.05) is 42.1 Å². The number of ether oxygens (including phenoxy) is 1. The summed E-state index contributed by atoms with van der Waals surface area (Å²) in [6, 6.07) is 11.7. The van der Waals surface area contributed by atoms with Crippen molar-refractivity contribution in [3.63, 3.8) is 0 Å². The van der Waals surface area contributed by atoms with Crippen LogP contribution in [0.4, 0.5) is 23.7 Å². The SMILES string of the molecule is Cc1ccc(C(=O)N2CCN(CCOc3ncc(-c4ccc5cn([C@H]6CC[C@H](CNC(=O)c7cc(F)c(O)c(F)c7F)CC6)nc5c4)cn3)CC2)cc1N1CCC(=O)NC1=O. The minimum atomic E-state index is -1.79. The number of fused-ring (bicyclic) bond motifs is 1. The van der Waals surface area contributed by atoms with Gasteiger partial charge < -0.3 is 20.1 Å². The Kier molecular flexibility index (Phi) is 11.9. The highest BCUT2D eigenvalue weighted by Crippen LogP contribution is 2.34. The molecule has 0 bridgehead atoms. The molecule has 0 radical (unpaired) electrons. The Morgan fingerprint density at radius 1 is 0.918 bits per heavy atom. The summed E-state index contributed by atoms with van der Waals surface area (Å²) in [5.74, 6) is -7.51. The first-order valence-corrected chi connectivity index (χ1v) is 20.2. The van der Waals surface area contributed by atoms with Crippen molar-refractivity contribution in [1.29, 1.82) is 0 Å². The number of aromatic hydroxyl groups is 1. The highest BCUT2D eigenvalue weighted by Gasteiger charge is 2.29. The zero-order valence-electron chi connectivity index (χ0n) is 33.4. The van der Waals surface area contributed by atoms with Crippen LogP contribution in [0.15, 0.2) is 61.1 Å². The molecule has 5 aromatic rings. The van der Waals surface area contributed by atoms with Gasteiger partial charge in [-0.15, -0.1) is 0 Å². The second-order valence-electron chi connectivity index (χ2n) is 15.6. The van der Waals surface area contributed by atoms with Crippen molar-refractivity contribution in [2.24, 2.45) is 5.92 Å². The van der Waals surface area contributed by atoms with Gasteiger partial charge in [-0.05, 0) is 73.9 Å². The van der Waals surface area contributed by atoms with Crippen LogP contribution in [0.1, 0.15) is 64.4 Å². The Bertz CT molecular complexity index is 2480. The maximum atomic E-state index is 14.1. The molecule has 4 heterocycles. The summed E-state index contributed by atoms with van der Waals surface area (Å²) in [6.07, 6.45) is 8.76. The van der Waals surface area contributed by atoms with E-state index in [4.69, 9.17) is 9.84 Å². The average Bonchev–Trinajstić information content (AvgIpc) is 3.71. The smallest absolute Gasteiger partial charge is 0.328 e. The molecule has 0 spiro atoms. The molecule has 318 valence electrons. The summed E-state index contributed by atoms with van der Waals surface area (Å²) in [6.45, 7) is 5.78. The van der Waals surface area contributed by atoms with E-state index in [0.29, 0.717) is 56.6 Å². The van der Waals surface area contributed by atoms with Gasteiger partial charge in [0.05, 0.1) is 17.1 Å². The number of aromatic nitrogens is 4. The van der Waals surface area contributed by atoms with Gasteiger partial charge in [0.2, 0.25) is 11.7 Å². The maximum Gasteiger partial charge on any atom is 0.328 e. The van der Waals surface area contributed by atoms with Crippen molar-refractivity contribution in [3.8, 4) is 22.9 Å². The highest BCUT2D eigenvalue weighted by molar-refractivity contribution is 6.06. The van der Waals surface area contributed by atoms with Crippen LogP contribution in [0.3, 0.4) is 0 Å². The number of nitrogens with one attached hydrogen (secondary N) is 2.